The molecular formula is C16H19ClN4O3S2. The lowest BCUT2D eigenvalue weighted by atomic mass is 10.2. The Morgan fingerprint density at radius 2 is 2.04 bits per heavy atom. The van der Waals surface area contributed by atoms with Gasteiger partial charge in [0.1, 0.15) is 0 Å². The minimum Gasteiger partial charge on any atom is -0.340 e. The van der Waals surface area contributed by atoms with Gasteiger partial charge < -0.3 is 10.2 Å². The molecule has 10 heteroatoms. The lowest BCUT2D eigenvalue weighted by Crippen LogP contribution is -2.50. The van der Waals surface area contributed by atoms with Gasteiger partial charge in [0.25, 0.3) is 0 Å². The molecule has 1 N–H and O–H groups in total. The Bertz CT molecular complexity index is 892. The van der Waals surface area contributed by atoms with Crippen LogP contribution in [0.3, 0.4) is 0 Å². The van der Waals surface area contributed by atoms with E-state index in [1.54, 1.807) is 17.0 Å². The van der Waals surface area contributed by atoms with Crippen LogP contribution in [-0.2, 0) is 21.2 Å². The fourth-order valence-electron chi connectivity index (χ4n) is 2.67. The Kier molecular flexibility index (Phi) is 5.81. The summed E-state index contributed by atoms with van der Waals surface area (Å²) >= 11 is 7.38. The fraction of sp³-hybridized carbons (Fsp3) is 0.375. The van der Waals surface area contributed by atoms with Crippen molar-refractivity contribution in [2.75, 3.05) is 37.8 Å². The zero-order chi connectivity index (χ0) is 18.7. The van der Waals surface area contributed by atoms with Gasteiger partial charge in [-0.05, 0) is 18.2 Å². The predicted molar refractivity (Wildman–Crippen MR) is 104 cm³/mol. The third-order valence-corrected chi connectivity index (χ3v) is 6.37. The van der Waals surface area contributed by atoms with E-state index < -0.39 is 10.0 Å². The zero-order valence-corrected chi connectivity index (χ0v) is 16.6. The number of nitrogens with zero attached hydrogens (tertiary/aromatic N) is 3. The Labute approximate surface area is 161 Å². The zero-order valence-electron chi connectivity index (χ0n) is 14.2. The van der Waals surface area contributed by atoms with Crippen LogP contribution < -0.4 is 5.32 Å². The van der Waals surface area contributed by atoms with E-state index in [0.717, 1.165) is 5.69 Å². The van der Waals surface area contributed by atoms with Gasteiger partial charge in [-0.1, -0.05) is 17.7 Å². The Balaban J connectivity index is 1.55. The van der Waals surface area contributed by atoms with E-state index >= 15 is 0 Å². The molecule has 1 aromatic heterocycles. The molecule has 3 rings (SSSR count). The van der Waals surface area contributed by atoms with Gasteiger partial charge in [-0.15, -0.1) is 11.3 Å². The molecule has 0 unspecified atom stereocenters. The standard InChI is InChI=1S/C16H19ClN4O3S2/c1-26(23,24)21-7-5-20(6-8-21)15(22)10-14-11-25-16(19-14)18-13-4-2-3-12(17)9-13/h2-4,9,11H,5-8,10H2,1H3,(H,18,19). The van der Waals surface area contributed by atoms with Crippen LogP contribution in [0.2, 0.25) is 5.02 Å². The van der Waals surface area contributed by atoms with Gasteiger partial charge in [0.2, 0.25) is 15.9 Å². The highest BCUT2D eigenvalue weighted by Gasteiger charge is 2.26. The van der Waals surface area contributed by atoms with Crippen LogP contribution in [0.25, 0.3) is 0 Å². The number of halogens is 1. The number of amides is 1. The van der Waals surface area contributed by atoms with Crippen molar-refractivity contribution in [3.63, 3.8) is 0 Å². The molecule has 1 fully saturated rings. The van der Waals surface area contributed by atoms with E-state index in [1.165, 1.54) is 21.9 Å². The van der Waals surface area contributed by atoms with Crippen molar-refractivity contribution in [1.29, 1.82) is 0 Å². The second kappa shape index (κ2) is 7.91. The van der Waals surface area contributed by atoms with Crippen molar-refractivity contribution >= 4 is 49.7 Å². The summed E-state index contributed by atoms with van der Waals surface area (Å²) in [6.45, 7) is 1.49. The number of piperazine rings is 1. The average Bonchev–Trinajstić information content (AvgIpc) is 3.01. The second-order valence-corrected chi connectivity index (χ2v) is 9.28. The van der Waals surface area contributed by atoms with Crippen LogP contribution in [0.5, 0.6) is 0 Å². The first-order chi connectivity index (χ1) is 12.3. The summed E-state index contributed by atoms with van der Waals surface area (Å²) in [6, 6.07) is 7.33. The molecule has 1 saturated heterocycles. The average molecular weight is 415 g/mol. The molecule has 2 aromatic rings. The van der Waals surface area contributed by atoms with E-state index in [4.69, 9.17) is 11.6 Å². The molecule has 1 amide bonds. The van der Waals surface area contributed by atoms with Gasteiger partial charge in [0, 0.05) is 42.3 Å². The number of thiazole rings is 1. The second-order valence-electron chi connectivity index (χ2n) is 6.00. The van der Waals surface area contributed by atoms with Gasteiger partial charge in [-0.3, -0.25) is 4.79 Å². The first kappa shape index (κ1) is 19.1. The van der Waals surface area contributed by atoms with Gasteiger partial charge in [-0.25, -0.2) is 13.4 Å². The third kappa shape index (κ3) is 4.94. The van der Waals surface area contributed by atoms with Crippen LogP contribution in [-0.4, -0.2) is 60.9 Å². The molecule has 0 radical (unpaired) electrons. The Hall–Kier alpha value is -1.68. The maximum absolute atomic E-state index is 12.4. The SMILES string of the molecule is CS(=O)(=O)N1CCN(C(=O)Cc2csc(Nc3cccc(Cl)c3)n2)CC1. The molecule has 0 aliphatic carbocycles. The van der Waals surface area contributed by atoms with Crippen molar-refractivity contribution in [2.45, 2.75) is 6.42 Å². The minimum absolute atomic E-state index is 0.0437. The van der Waals surface area contributed by atoms with Crippen LogP contribution >= 0.6 is 22.9 Å². The number of sulfonamides is 1. The molecule has 0 spiro atoms. The number of rotatable bonds is 5. The molecule has 0 saturated carbocycles. The number of aromatic nitrogens is 1. The first-order valence-corrected chi connectivity index (χ1v) is 11.1. The molecule has 1 aromatic carbocycles. The third-order valence-electron chi connectivity index (χ3n) is 4.02. The van der Waals surface area contributed by atoms with Crippen LogP contribution in [0.15, 0.2) is 29.6 Å². The van der Waals surface area contributed by atoms with Crippen LogP contribution in [0, 0.1) is 0 Å². The number of hydrogen-bond donors (Lipinski definition) is 1. The quantitative estimate of drug-likeness (QED) is 0.810. The van der Waals surface area contributed by atoms with E-state index in [0.29, 0.717) is 42.0 Å². The number of benzene rings is 1. The van der Waals surface area contributed by atoms with Gasteiger partial charge in [0.15, 0.2) is 5.13 Å². The van der Waals surface area contributed by atoms with Crippen molar-refractivity contribution in [3.05, 3.63) is 40.4 Å². The highest BCUT2D eigenvalue weighted by atomic mass is 35.5. The summed E-state index contributed by atoms with van der Waals surface area (Å²) in [4.78, 5) is 18.5. The topological polar surface area (TPSA) is 82.6 Å². The lowest BCUT2D eigenvalue weighted by molar-refractivity contribution is -0.131. The molecule has 0 atom stereocenters. The molecule has 1 aliphatic rings. The normalized spacial score (nSPS) is 15.8. The fourth-order valence-corrected chi connectivity index (χ4v) is 4.42. The summed E-state index contributed by atoms with van der Waals surface area (Å²) < 4.78 is 24.4. The summed E-state index contributed by atoms with van der Waals surface area (Å²) in [5.41, 5.74) is 1.52. The van der Waals surface area contributed by atoms with Gasteiger partial charge in [-0.2, -0.15) is 4.31 Å². The maximum atomic E-state index is 12.4. The van der Waals surface area contributed by atoms with Gasteiger partial charge in [0.05, 0.1) is 18.4 Å². The highest BCUT2D eigenvalue weighted by molar-refractivity contribution is 7.88. The molecule has 7 nitrogen and oxygen atoms in total. The molecule has 2 heterocycles. The number of nitrogens with one attached hydrogen (secondary N) is 1. The maximum Gasteiger partial charge on any atom is 0.228 e. The number of carbonyl (C=O) groups is 1. The smallest absolute Gasteiger partial charge is 0.228 e. The van der Waals surface area contributed by atoms with Crippen molar-refractivity contribution in [2.24, 2.45) is 0 Å². The summed E-state index contributed by atoms with van der Waals surface area (Å²) in [5.74, 6) is -0.0437. The van der Waals surface area contributed by atoms with E-state index in [2.05, 4.69) is 10.3 Å². The predicted octanol–water partition coefficient (Wildman–Crippen LogP) is 2.19. The molecular weight excluding hydrogens is 396 g/mol. The van der Waals surface area contributed by atoms with Crippen LogP contribution in [0.1, 0.15) is 5.69 Å². The largest absolute Gasteiger partial charge is 0.340 e. The lowest BCUT2D eigenvalue weighted by Gasteiger charge is -2.33. The molecule has 140 valence electrons. The molecule has 1 aliphatic heterocycles. The highest BCUT2D eigenvalue weighted by Crippen LogP contribution is 2.23. The molecule has 26 heavy (non-hydrogen) atoms. The Morgan fingerprint density at radius 3 is 2.69 bits per heavy atom. The number of carbonyl (C=O) groups excluding carboxylic acids is 1. The van der Waals surface area contributed by atoms with E-state index in [1.807, 2.05) is 17.5 Å². The van der Waals surface area contributed by atoms with E-state index in [-0.39, 0.29) is 12.3 Å². The molecule has 0 bridgehead atoms. The van der Waals surface area contributed by atoms with Crippen LogP contribution in [0.4, 0.5) is 10.8 Å². The number of anilines is 2. The van der Waals surface area contributed by atoms with Crippen molar-refractivity contribution in [1.82, 2.24) is 14.2 Å². The Morgan fingerprint density at radius 1 is 1.31 bits per heavy atom. The monoisotopic (exact) mass is 414 g/mol. The summed E-state index contributed by atoms with van der Waals surface area (Å²) in [7, 11) is -3.20. The summed E-state index contributed by atoms with van der Waals surface area (Å²) in [6.07, 6.45) is 1.39. The first-order valence-electron chi connectivity index (χ1n) is 8.01. The number of hydrogen-bond acceptors (Lipinski definition) is 6. The van der Waals surface area contributed by atoms with Crippen molar-refractivity contribution in [3.8, 4) is 0 Å². The van der Waals surface area contributed by atoms with Gasteiger partial charge >= 0.3 is 0 Å². The minimum atomic E-state index is -3.20. The summed E-state index contributed by atoms with van der Waals surface area (Å²) in [5, 5.41) is 6.34. The van der Waals surface area contributed by atoms with Crippen molar-refractivity contribution < 1.29 is 13.2 Å². The van der Waals surface area contributed by atoms with E-state index in [9.17, 15) is 13.2 Å².